The van der Waals surface area contributed by atoms with Crippen LogP contribution in [0.4, 0.5) is 13.2 Å². The van der Waals surface area contributed by atoms with E-state index in [2.05, 4.69) is 4.98 Å². The summed E-state index contributed by atoms with van der Waals surface area (Å²) in [4.78, 5) is 15.8. The maximum atomic E-state index is 13.1. The molecule has 13 heteroatoms. The quantitative estimate of drug-likeness (QED) is 0.532. The van der Waals surface area contributed by atoms with Gasteiger partial charge in [-0.05, 0) is 49.4 Å². The molecule has 34 heavy (non-hydrogen) atoms. The third kappa shape index (κ3) is 4.60. The fourth-order valence-electron chi connectivity index (χ4n) is 3.48. The van der Waals surface area contributed by atoms with Crippen molar-refractivity contribution in [1.29, 1.82) is 0 Å². The third-order valence-electron chi connectivity index (χ3n) is 5.37. The molecule has 0 aliphatic carbocycles. The predicted molar refractivity (Wildman–Crippen MR) is 116 cm³/mol. The number of rotatable bonds is 6. The van der Waals surface area contributed by atoms with Crippen molar-refractivity contribution in [2.75, 3.05) is 19.8 Å². The van der Waals surface area contributed by atoms with Crippen LogP contribution in [0.3, 0.4) is 0 Å². The lowest BCUT2D eigenvalue weighted by molar-refractivity contribution is -0.155. The van der Waals surface area contributed by atoms with Crippen molar-refractivity contribution in [2.45, 2.75) is 30.1 Å². The van der Waals surface area contributed by atoms with Crippen LogP contribution in [0, 0.1) is 0 Å². The van der Waals surface area contributed by atoms with Crippen molar-refractivity contribution < 1.29 is 41.0 Å². The lowest BCUT2D eigenvalue weighted by Crippen LogP contribution is -2.61. The summed E-state index contributed by atoms with van der Waals surface area (Å²) in [6, 6.07) is 8.77. The summed E-state index contributed by atoms with van der Waals surface area (Å²) in [7, 11) is -4.12. The Morgan fingerprint density at radius 3 is 2.62 bits per heavy atom. The number of alkyl halides is 3. The normalized spacial score (nSPS) is 19.9. The molecule has 0 saturated carbocycles. The molecule has 0 amide bonds. The highest BCUT2D eigenvalue weighted by Crippen LogP contribution is 2.33. The number of morpholine rings is 1. The molecule has 1 atom stereocenters. The van der Waals surface area contributed by atoms with E-state index in [9.17, 15) is 31.5 Å². The smallest absolute Gasteiger partial charge is 0.416 e. The van der Waals surface area contributed by atoms with Crippen LogP contribution >= 0.6 is 11.3 Å². The molecule has 8 nitrogen and oxygen atoms in total. The van der Waals surface area contributed by atoms with Gasteiger partial charge in [0.2, 0.25) is 10.0 Å². The van der Waals surface area contributed by atoms with E-state index in [1.807, 2.05) is 0 Å². The number of ether oxygens (including phenoxy) is 2. The third-order valence-corrected chi connectivity index (χ3v) is 8.41. The largest absolute Gasteiger partial charge is 0.486 e. The lowest BCUT2D eigenvalue weighted by atomic mass is 10.0. The van der Waals surface area contributed by atoms with Crippen LogP contribution in [0.1, 0.15) is 17.5 Å². The average molecular weight is 517 g/mol. The molecule has 1 aromatic heterocycles. The minimum Gasteiger partial charge on any atom is -0.486 e. The first-order valence-corrected chi connectivity index (χ1v) is 12.2. The Kier molecular flexibility index (Phi) is 6.31. The first-order chi connectivity index (χ1) is 15.9. The number of hydrogen-bond acceptors (Lipinski definition) is 7. The average Bonchev–Trinajstić information content (AvgIpc) is 3.20. The Labute approximate surface area is 196 Å². The number of sulfonamides is 1. The number of carboxylic acid groups (broad SMARTS) is 1. The summed E-state index contributed by atoms with van der Waals surface area (Å²) in [6.45, 7) is 0.981. The second-order valence-corrected chi connectivity index (χ2v) is 10.7. The van der Waals surface area contributed by atoms with E-state index in [0.29, 0.717) is 15.5 Å². The van der Waals surface area contributed by atoms with Gasteiger partial charge in [-0.3, -0.25) is 4.79 Å². The number of halogens is 3. The predicted octanol–water partition coefficient (Wildman–Crippen LogP) is 3.76. The van der Waals surface area contributed by atoms with Crippen LogP contribution in [0.5, 0.6) is 5.75 Å². The zero-order valence-electron chi connectivity index (χ0n) is 17.7. The van der Waals surface area contributed by atoms with Gasteiger partial charge in [-0.1, -0.05) is 0 Å². The lowest BCUT2D eigenvalue weighted by Gasteiger charge is -2.39. The Balaban J connectivity index is 1.48. The fourth-order valence-corrected chi connectivity index (χ4v) is 6.06. The molecule has 1 aliphatic rings. The molecule has 0 spiro atoms. The van der Waals surface area contributed by atoms with Gasteiger partial charge < -0.3 is 14.6 Å². The maximum Gasteiger partial charge on any atom is 0.416 e. The zero-order chi connectivity index (χ0) is 24.7. The van der Waals surface area contributed by atoms with Crippen molar-refractivity contribution in [3.8, 4) is 5.75 Å². The van der Waals surface area contributed by atoms with Crippen LogP contribution < -0.4 is 4.74 Å². The summed E-state index contributed by atoms with van der Waals surface area (Å²) < 4.78 is 77.1. The molecular weight excluding hydrogens is 497 g/mol. The monoisotopic (exact) mass is 516 g/mol. The van der Waals surface area contributed by atoms with Gasteiger partial charge in [-0.25, -0.2) is 13.4 Å². The fraction of sp³-hybridized carbons (Fsp3) is 0.333. The number of aliphatic carboxylic acids is 1. The molecule has 3 aromatic rings. The molecule has 2 aromatic carbocycles. The van der Waals surface area contributed by atoms with Gasteiger partial charge >= 0.3 is 12.1 Å². The number of carbonyl (C=O) groups is 1. The molecule has 182 valence electrons. The molecule has 0 bridgehead atoms. The van der Waals surface area contributed by atoms with E-state index < -0.39 is 33.3 Å². The number of nitrogens with zero attached hydrogens (tertiary/aromatic N) is 2. The minimum atomic E-state index is -4.46. The Morgan fingerprint density at radius 1 is 1.26 bits per heavy atom. The number of aromatic nitrogens is 1. The summed E-state index contributed by atoms with van der Waals surface area (Å²) in [6.07, 6.45) is -4.46. The molecule has 0 unspecified atom stereocenters. The van der Waals surface area contributed by atoms with Gasteiger partial charge in [0.25, 0.3) is 0 Å². The van der Waals surface area contributed by atoms with E-state index in [1.54, 1.807) is 0 Å². The first kappa shape index (κ1) is 24.4. The van der Waals surface area contributed by atoms with Crippen molar-refractivity contribution in [3.05, 3.63) is 53.0 Å². The summed E-state index contributed by atoms with van der Waals surface area (Å²) in [5.74, 6) is -0.994. The molecule has 4 rings (SSSR count). The first-order valence-electron chi connectivity index (χ1n) is 9.95. The van der Waals surface area contributed by atoms with Gasteiger partial charge in [0.15, 0.2) is 5.54 Å². The molecular formula is C21H19F3N2O6S2. The van der Waals surface area contributed by atoms with Gasteiger partial charge in [-0.15, -0.1) is 11.3 Å². The molecule has 1 fully saturated rings. The van der Waals surface area contributed by atoms with Crippen LogP contribution in [0.2, 0.25) is 0 Å². The van der Waals surface area contributed by atoms with E-state index >= 15 is 0 Å². The topological polar surface area (TPSA) is 106 Å². The summed E-state index contributed by atoms with van der Waals surface area (Å²) in [5, 5.41) is 10.00. The minimum absolute atomic E-state index is 0.0205. The van der Waals surface area contributed by atoms with E-state index in [4.69, 9.17) is 9.47 Å². The van der Waals surface area contributed by atoms with Crippen LogP contribution in [0.25, 0.3) is 10.2 Å². The number of fused-ring (bicyclic) bond motifs is 1. The van der Waals surface area contributed by atoms with Gasteiger partial charge in [0, 0.05) is 6.54 Å². The van der Waals surface area contributed by atoms with Crippen molar-refractivity contribution in [1.82, 2.24) is 9.29 Å². The number of hydrogen-bond donors (Lipinski definition) is 1. The van der Waals surface area contributed by atoms with E-state index in [-0.39, 0.29) is 36.8 Å². The molecule has 1 aliphatic heterocycles. The van der Waals surface area contributed by atoms with E-state index in [1.165, 1.54) is 48.6 Å². The highest BCUT2D eigenvalue weighted by Gasteiger charge is 2.48. The van der Waals surface area contributed by atoms with Crippen molar-refractivity contribution in [3.63, 3.8) is 0 Å². The Morgan fingerprint density at radius 2 is 1.97 bits per heavy atom. The van der Waals surface area contributed by atoms with E-state index in [0.717, 1.165) is 16.4 Å². The molecule has 1 N–H and O–H groups in total. The van der Waals surface area contributed by atoms with Crippen molar-refractivity contribution >= 4 is 37.5 Å². The van der Waals surface area contributed by atoms with Crippen LogP contribution in [-0.4, -0.2) is 54.1 Å². The summed E-state index contributed by atoms with van der Waals surface area (Å²) in [5.41, 5.74) is -2.30. The maximum absolute atomic E-state index is 13.1. The molecule has 2 heterocycles. The molecule has 1 saturated heterocycles. The number of carboxylic acids is 1. The van der Waals surface area contributed by atoms with Gasteiger partial charge in [-0.2, -0.15) is 17.5 Å². The van der Waals surface area contributed by atoms with Gasteiger partial charge in [0.05, 0.1) is 33.9 Å². The second kappa shape index (κ2) is 8.80. The number of benzene rings is 2. The Hall–Kier alpha value is -2.74. The zero-order valence-corrected chi connectivity index (χ0v) is 19.3. The standard InChI is InChI=1S/C21H19F3N2O6S2/c1-20(19(27)28)12-31-9-8-26(20)34(29,30)15-5-3-14(4-6-15)32-11-18-25-16-10-13(21(22,23)24)2-7-17(16)33-18/h2-7,10H,8-9,11-12H2,1H3,(H,27,28)/t20-/m1/s1. The second-order valence-electron chi connectivity index (χ2n) is 7.76. The molecule has 0 radical (unpaired) electrons. The SMILES string of the molecule is C[C@]1(C(=O)O)COCCN1S(=O)(=O)c1ccc(OCc2nc3cc(C(F)(F)F)ccc3s2)cc1. The van der Waals surface area contributed by atoms with Crippen molar-refractivity contribution in [2.24, 2.45) is 0 Å². The van der Waals surface area contributed by atoms with Gasteiger partial charge in [0.1, 0.15) is 17.4 Å². The highest BCUT2D eigenvalue weighted by molar-refractivity contribution is 7.89. The number of thiazole rings is 1. The summed E-state index contributed by atoms with van der Waals surface area (Å²) >= 11 is 1.19. The van der Waals surface area contributed by atoms with Crippen LogP contribution in [0.15, 0.2) is 47.4 Å². The highest BCUT2D eigenvalue weighted by atomic mass is 32.2. The Bertz CT molecular complexity index is 1320. The van der Waals surface area contributed by atoms with Crippen LogP contribution in [-0.2, 0) is 32.3 Å².